The predicted octanol–water partition coefficient (Wildman–Crippen LogP) is 4.11. The summed E-state index contributed by atoms with van der Waals surface area (Å²) >= 11 is 0. The van der Waals surface area contributed by atoms with Gasteiger partial charge in [-0.3, -0.25) is 24.2 Å². The Bertz CT molecular complexity index is 1660. The minimum atomic E-state index is -1.05. The van der Waals surface area contributed by atoms with Gasteiger partial charge in [0.1, 0.15) is 29.7 Å². The standard InChI is InChI=1S/C38H54N6O7/c1-9-10-26(31(45)34(47)39-22-13-14-22)41-33(46)29-18-24(20-44(29)35(48)32(37(2,3)4)42-36(49)43-38(5,6)7)51-30-19-27(21-11-12-21)40-28-17-23(50-8)15-16-25(28)30/h15-17,19,21-22,24,26,29,32H,9-14,18,20H2,1-8H3,(H,39,47)(H,41,46)(H2,42,43,49)/t24-,26+,29?,32?/m1/s1. The van der Waals surface area contributed by atoms with Crippen molar-refractivity contribution in [1.82, 2.24) is 31.2 Å². The Morgan fingerprint density at radius 1 is 0.980 bits per heavy atom. The molecule has 13 heteroatoms. The molecule has 5 amide bonds. The van der Waals surface area contributed by atoms with Crippen LogP contribution in [0.25, 0.3) is 10.9 Å². The van der Waals surface area contributed by atoms with Gasteiger partial charge in [0.25, 0.3) is 5.91 Å². The number of ether oxygens (including phenoxy) is 2. The molecule has 4 atom stereocenters. The van der Waals surface area contributed by atoms with Crippen LogP contribution in [-0.4, -0.2) is 88.9 Å². The van der Waals surface area contributed by atoms with E-state index in [9.17, 15) is 24.0 Å². The average Bonchev–Trinajstić information content (AvgIpc) is 3.99. The summed E-state index contributed by atoms with van der Waals surface area (Å²) in [5.41, 5.74) is 0.362. The van der Waals surface area contributed by atoms with Gasteiger partial charge in [-0.1, -0.05) is 34.1 Å². The molecule has 13 nitrogen and oxygen atoms in total. The highest BCUT2D eigenvalue weighted by atomic mass is 16.5. The van der Waals surface area contributed by atoms with E-state index in [1.165, 1.54) is 4.90 Å². The molecular formula is C38H54N6O7. The number of Topliss-reactive ketones (excluding diaryl/α,β-unsaturated/α-hetero) is 1. The second-order valence-corrected chi connectivity index (χ2v) is 16.3. The normalized spacial score (nSPS) is 20.3. The Morgan fingerprint density at radius 3 is 2.27 bits per heavy atom. The van der Waals surface area contributed by atoms with E-state index in [0.29, 0.717) is 23.8 Å². The van der Waals surface area contributed by atoms with E-state index in [0.717, 1.165) is 42.3 Å². The van der Waals surface area contributed by atoms with E-state index >= 15 is 0 Å². The fraction of sp³-hybridized carbons (Fsp3) is 0.632. The molecule has 0 spiro atoms. The van der Waals surface area contributed by atoms with Crippen LogP contribution in [0.5, 0.6) is 11.5 Å². The lowest BCUT2D eigenvalue weighted by molar-refractivity contribution is -0.144. The second kappa shape index (κ2) is 15.1. The molecule has 2 aliphatic carbocycles. The minimum Gasteiger partial charge on any atom is -0.497 e. The molecule has 1 aliphatic heterocycles. The molecule has 1 aromatic carbocycles. The van der Waals surface area contributed by atoms with Crippen LogP contribution in [-0.2, 0) is 19.2 Å². The van der Waals surface area contributed by atoms with E-state index < -0.39 is 64.7 Å². The number of fused-ring (bicyclic) bond motifs is 1. The zero-order valence-electron chi connectivity index (χ0n) is 31.2. The number of ketones is 1. The molecule has 2 unspecified atom stereocenters. The van der Waals surface area contributed by atoms with Crippen molar-refractivity contribution in [3.63, 3.8) is 0 Å². The van der Waals surface area contributed by atoms with Crippen molar-refractivity contribution in [3.05, 3.63) is 30.0 Å². The van der Waals surface area contributed by atoms with Gasteiger partial charge in [0.05, 0.1) is 25.2 Å². The van der Waals surface area contributed by atoms with E-state index in [1.54, 1.807) is 7.11 Å². The van der Waals surface area contributed by atoms with Gasteiger partial charge in [-0.2, -0.15) is 0 Å². The largest absolute Gasteiger partial charge is 0.497 e. The quantitative estimate of drug-likeness (QED) is 0.226. The summed E-state index contributed by atoms with van der Waals surface area (Å²) < 4.78 is 12.1. The maximum Gasteiger partial charge on any atom is 0.315 e. The first-order valence-electron chi connectivity index (χ1n) is 18.2. The molecule has 3 aliphatic rings. The number of hydrogen-bond donors (Lipinski definition) is 4. The third-order valence-electron chi connectivity index (χ3n) is 9.36. The molecule has 2 aromatic rings. The van der Waals surface area contributed by atoms with Crippen LogP contribution >= 0.6 is 0 Å². The van der Waals surface area contributed by atoms with Gasteiger partial charge < -0.3 is 35.6 Å². The Hall–Kier alpha value is -4.42. The van der Waals surface area contributed by atoms with Crippen LogP contribution in [0.3, 0.4) is 0 Å². The van der Waals surface area contributed by atoms with Gasteiger partial charge in [-0.05, 0) is 70.4 Å². The Balaban J connectivity index is 1.45. The highest BCUT2D eigenvalue weighted by Crippen LogP contribution is 2.42. The fourth-order valence-corrected chi connectivity index (χ4v) is 6.35. The summed E-state index contributed by atoms with van der Waals surface area (Å²) in [6.07, 6.45) is 4.06. The van der Waals surface area contributed by atoms with Gasteiger partial charge in [0, 0.05) is 47.1 Å². The Morgan fingerprint density at radius 2 is 1.69 bits per heavy atom. The van der Waals surface area contributed by atoms with Crippen molar-refractivity contribution in [2.24, 2.45) is 5.41 Å². The first kappa shape index (κ1) is 37.8. The van der Waals surface area contributed by atoms with Crippen molar-refractivity contribution < 1.29 is 33.4 Å². The third kappa shape index (κ3) is 9.68. The molecule has 2 heterocycles. The third-order valence-corrected chi connectivity index (χ3v) is 9.36. The summed E-state index contributed by atoms with van der Waals surface area (Å²) in [7, 11) is 1.60. The predicted molar refractivity (Wildman–Crippen MR) is 192 cm³/mol. The lowest BCUT2D eigenvalue weighted by Gasteiger charge is -2.36. The van der Waals surface area contributed by atoms with E-state index in [1.807, 2.05) is 72.7 Å². The van der Waals surface area contributed by atoms with Crippen LogP contribution in [0.1, 0.15) is 105 Å². The summed E-state index contributed by atoms with van der Waals surface area (Å²) in [6.45, 7) is 13.0. The van der Waals surface area contributed by atoms with Crippen LogP contribution < -0.4 is 30.7 Å². The van der Waals surface area contributed by atoms with Crippen molar-refractivity contribution in [2.45, 2.75) is 135 Å². The van der Waals surface area contributed by atoms with Gasteiger partial charge >= 0.3 is 6.03 Å². The van der Waals surface area contributed by atoms with Crippen LogP contribution in [0, 0.1) is 5.41 Å². The first-order valence-corrected chi connectivity index (χ1v) is 18.2. The smallest absolute Gasteiger partial charge is 0.315 e. The molecule has 3 fully saturated rings. The van der Waals surface area contributed by atoms with E-state index in [-0.39, 0.29) is 25.4 Å². The zero-order chi connectivity index (χ0) is 37.2. The SMILES string of the molecule is CCC[C@H](NC(=O)C1C[C@@H](Oc2cc(C3CC3)nc3cc(OC)ccc23)CN1C(=O)C(NC(=O)NC(C)(C)C)C(C)(C)C)C(=O)C(=O)NC1CC1. The molecular weight excluding hydrogens is 652 g/mol. The fourth-order valence-electron chi connectivity index (χ4n) is 6.35. The number of rotatable bonds is 13. The van der Waals surface area contributed by atoms with Gasteiger partial charge in [-0.15, -0.1) is 0 Å². The summed E-state index contributed by atoms with van der Waals surface area (Å²) in [4.78, 5) is 74.0. The topological polar surface area (TPSA) is 168 Å². The van der Waals surface area contributed by atoms with E-state index in [2.05, 4.69) is 21.3 Å². The number of methoxy groups -OCH3 is 1. The molecule has 0 radical (unpaired) electrons. The molecule has 1 aromatic heterocycles. The molecule has 5 rings (SSSR count). The van der Waals surface area contributed by atoms with Crippen molar-refractivity contribution in [1.29, 1.82) is 0 Å². The number of nitrogens with one attached hydrogen (secondary N) is 4. The molecule has 0 bridgehead atoms. The number of carbonyl (C=O) groups is 5. The number of benzene rings is 1. The lowest BCUT2D eigenvalue weighted by Crippen LogP contribution is -2.61. The number of amides is 5. The highest BCUT2D eigenvalue weighted by Gasteiger charge is 2.47. The number of nitrogens with zero attached hydrogens (tertiary/aromatic N) is 2. The van der Waals surface area contributed by atoms with Gasteiger partial charge in [0.15, 0.2) is 0 Å². The monoisotopic (exact) mass is 706 g/mol. The van der Waals surface area contributed by atoms with Crippen molar-refractivity contribution in [3.8, 4) is 11.5 Å². The maximum atomic E-state index is 14.5. The molecule has 2 saturated carbocycles. The van der Waals surface area contributed by atoms with Crippen molar-refractivity contribution >= 4 is 40.4 Å². The number of aromatic nitrogens is 1. The number of hydrogen-bond acceptors (Lipinski definition) is 8. The Kier molecular flexibility index (Phi) is 11.2. The zero-order valence-corrected chi connectivity index (χ0v) is 31.2. The number of pyridine rings is 1. The molecule has 1 saturated heterocycles. The summed E-state index contributed by atoms with van der Waals surface area (Å²) in [6, 6.07) is 3.92. The van der Waals surface area contributed by atoms with Gasteiger partial charge in [0.2, 0.25) is 17.6 Å². The molecule has 4 N–H and O–H groups in total. The van der Waals surface area contributed by atoms with Crippen molar-refractivity contribution in [2.75, 3.05) is 13.7 Å². The van der Waals surface area contributed by atoms with E-state index in [4.69, 9.17) is 14.5 Å². The lowest BCUT2D eigenvalue weighted by atomic mass is 9.85. The summed E-state index contributed by atoms with van der Waals surface area (Å²) in [5, 5.41) is 12.0. The Labute approximate surface area is 300 Å². The number of carbonyl (C=O) groups excluding carboxylic acids is 5. The first-order chi connectivity index (χ1) is 24.0. The van der Waals surface area contributed by atoms with Crippen LogP contribution in [0.4, 0.5) is 4.79 Å². The van der Waals surface area contributed by atoms with Crippen LogP contribution in [0.2, 0.25) is 0 Å². The average molecular weight is 707 g/mol. The molecule has 278 valence electrons. The second-order valence-electron chi connectivity index (χ2n) is 16.3. The maximum absolute atomic E-state index is 14.5. The molecule has 51 heavy (non-hydrogen) atoms. The highest BCUT2D eigenvalue weighted by molar-refractivity contribution is 6.38. The number of likely N-dealkylation sites (tertiary alicyclic amines) is 1. The van der Waals surface area contributed by atoms with Gasteiger partial charge in [-0.25, -0.2) is 4.79 Å². The summed E-state index contributed by atoms with van der Waals surface area (Å²) in [5.74, 6) is -0.839. The minimum absolute atomic E-state index is 0.0108. The number of urea groups is 1. The van der Waals surface area contributed by atoms with Crippen LogP contribution in [0.15, 0.2) is 24.3 Å².